The van der Waals surface area contributed by atoms with Crippen LogP contribution in [0.2, 0.25) is 0 Å². The van der Waals surface area contributed by atoms with Crippen molar-refractivity contribution in [3.63, 3.8) is 0 Å². The second kappa shape index (κ2) is 7.07. The Morgan fingerprint density at radius 2 is 1.89 bits per heavy atom. The third-order valence-electron chi connectivity index (χ3n) is 2.50. The third kappa shape index (κ3) is 10.7. The van der Waals surface area contributed by atoms with E-state index in [1.807, 2.05) is 13.8 Å². The molecular formula is C12H24FNO4S. The molecule has 0 aliphatic carbocycles. The molecule has 114 valence electrons. The molecule has 0 aliphatic rings. The maximum absolute atomic E-state index is 12.8. The van der Waals surface area contributed by atoms with Gasteiger partial charge in [0.1, 0.15) is 11.4 Å². The molecule has 2 unspecified atom stereocenters. The highest BCUT2D eigenvalue weighted by atomic mass is 32.3. The van der Waals surface area contributed by atoms with Crippen molar-refractivity contribution in [3.05, 3.63) is 0 Å². The van der Waals surface area contributed by atoms with E-state index in [9.17, 15) is 17.1 Å². The van der Waals surface area contributed by atoms with E-state index < -0.39 is 33.7 Å². The van der Waals surface area contributed by atoms with E-state index in [1.54, 1.807) is 20.8 Å². The molecular weight excluding hydrogens is 273 g/mol. The van der Waals surface area contributed by atoms with E-state index in [2.05, 4.69) is 5.32 Å². The first-order valence-corrected chi connectivity index (χ1v) is 7.90. The van der Waals surface area contributed by atoms with Gasteiger partial charge in [0.05, 0.1) is 0 Å². The molecule has 1 N–H and O–H groups in total. The van der Waals surface area contributed by atoms with Crippen molar-refractivity contribution in [3.8, 4) is 0 Å². The minimum absolute atomic E-state index is 0.182. The van der Waals surface area contributed by atoms with Crippen LogP contribution in [0.5, 0.6) is 0 Å². The minimum Gasteiger partial charge on any atom is -0.444 e. The molecule has 0 aromatic rings. The maximum Gasteiger partial charge on any atom is 0.407 e. The quantitative estimate of drug-likeness (QED) is 0.765. The lowest BCUT2D eigenvalue weighted by atomic mass is 10.0. The summed E-state index contributed by atoms with van der Waals surface area (Å²) in [6.45, 7) is 8.94. The Hall–Kier alpha value is -0.850. The van der Waals surface area contributed by atoms with Gasteiger partial charge < -0.3 is 10.1 Å². The number of halogens is 1. The smallest absolute Gasteiger partial charge is 0.407 e. The van der Waals surface area contributed by atoms with Gasteiger partial charge in [-0.1, -0.05) is 20.3 Å². The molecule has 0 heterocycles. The van der Waals surface area contributed by atoms with Crippen LogP contribution >= 0.6 is 0 Å². The molecule has 0 radical (unpaired) electrons. The van der Waals surface area contributed by atoms with E-state index in [1.165, 1.54) is 0 Å². The number of alkyl carbamates (subject to hydrolysis) is 1. The van der Waals surface area contributed by atoms with Crippen LogP contribution in [0.25, 0.3) is 0 Å². The zero-order chi connectivity index (χ0) is 15.3. The summed E-state index contributed by atoms with van der Waals surface area (Å²) in [5.74, 6) is -0.543. The first-order valence-electron chi connectivity index (χ1n) is 6.34. The van der Waals surface area contributed by atoms with Crippen LogP contribution in [-0.2, 0) is 15.0 Å². The Balaban J connectivity index is 4.62. The highest BCUT2D eigenvalue weighted by Gasteiger charge is 2.24. The van der Waals surface area contributed by atoms with Crippen molar-refractivity contribution in [2.75, 3.05) is 5.75 Å². The van der Waals surface area contributed by atoms with Gasteiger partial charge >= 0.3 is 16.3 Å². The van der Waals surface area contributed by atoms with E-state index in [0.717, 1.165) is 6.42 Å². The molecule has 2 atom stereocenters. The third-order valence-corrected chi connectivity index (χ3v) is 3.31. The van der Waals surface area contributed by atoms with E-state index in [0.29, 0.717) is 6.42 Å². The molecule has 5 nitrogen and oxygen atoms in total. The fourth-order valence-electron chi connectivity index (χ4n) is 1.54. The predicted octanol–water partition coefficient (Wildman–Crippen LogP) is 2.62. The first kappa shape index (κ1) is 18.1. The van der Waals surface area contributed by atoms with E-state index in [-0.39, 0.29) is 5.92 Å². The summed E-state index contributed by atoms with van der Waals surface area (Å²) in [4.78, 5) is 11.6. The van der Waals surface area contributed by atoms with E-state index in [4.69, 9.17) is 4.74 Å². The highest BCUT2D eigenvalue weighted by Crippen LogP contribution is 2.13. The number of hydrogen-bond donors (Lipinski definition) is 1. The maximum atomic E-state index is 12.8. The van der Waals surface area contributed by atoms with Gasteiger partial charge in [-0.2, -0.15) is 8.42 Å². The molecule has 0 saturated carbocycles. The summed E-state index contributed by atoms with van der Waals surface area (Å²) in [7, 11) is -4.64. The fourth-order valence-corrected chi connectivity index (χ4v) is 2.24. The van der Waals surface area contributed by atoms with Gasteiger partial charge in [-0.3, -0.25) is 0 Å². The second-order valence-electron chi connectivity index (χ2n) is 5.80. The number of carbonyl (C=O) groups excluding carboxylic acids is 1. The summed E-state index contributed by atoms with van der Waals surface area (Å²) in [6, 6.07) is -0.778. The molecule has 0 spiro atoms. The SMILES string of the molecule is CCC(C)CC(CS(=O)(=O)F)NC(=O)OC(C)(C)C. The molecule has 0 bridgehead atoms. The largest absolute Gasteiger partial charge is 0.444 e. The number of nitrogens with one attached hydrogen (secondary N) is 1. The van der Waals surface area contributed by atoms with E-state index >= 15 is 0 Å². The van der Waals surface area contributed by atoms with Crippen molar-refractivity contribution in [2.24, 2.45) is 5.92 Å². The summed E-state index contributed by atoms with van der Waals surface area (Å²) < 4.78 is 39.2. The molecule has 0 rings (SSSR count). The Labute approximate surface area is 115 Å². The predicted molar refractivity (Wildman–Crippen MR) is 72.1 cm³/mol. The average molecular weight is 297 g/mol. The standard InChI is InChI=1S/C12H24FNO4S/c1-6-9(2)7-10(8-19(13,16)17)14-11(15)18-12(3,4)5/h9-10H,6-8H2,1-5H3,(H,14,15). The molecule has 0 aromatic heterocycles. The van der Waals surface area contributed by atoms with Crippen molar-refractivity contribution in [2.45, 2.75) is 59.1 Å². The van der Waals surface area contributed by atoms with Gasteiger partial charge in [-0.05, 0) is 33.1 Å². The van der Waals surface area contributed by atoms with Crippen LogP contribution in [0.4, 0.5) is 8.68 Å². The number of ether oxygens (including phenoxy) is 1. The Morgan fingerprint density at radius 1 is 1.37 bits per heavy atom. The van der Waals surface area contributed by atoms with Crippen LogP contribution in [0.1, 0.15) is 47.5 Å². The summed E-state index contributed by atoms with van der Waals surface area (Å²) >= 11 is 0. The van der Waals surface area contributed by atoms with Crippen LogP contribution in [0.15, 0.2) is 0 Å². The zero-order valence-corrected chi connectivity index (χ0v) is 13.0. The molecule has 1 amide bonds. The Bertz CT molecular complexity index is 389. The summed E-state index contributed by atoms with van der Waals surface area (Å²) in [5.41, 5.74) is -0.681. The zero-order valence-electron chi connectivity index (χ0n) is 12.2. The van der Waals surface area contributed by atoms with Crippen molar-refractivity contribution < 1.29 is 21.8 Å². The lowest BCUT2D eigenvalue weighted by Crippen LogP contribution is -2.42. The monoisotopic (exact) mass is 297 g/mol. The normalized spacial score (nSPS) is 15.7. The fraction of sp³-hybridized carbons (Fsp3) is 0.917. The van der Waals surface area contributed by atoms with Crippen LogP contribution in [0.3, 0.4) is 0 Å². The number of amides is 1. The molecule has 0 aliphatic heterocycles. The van der Waals surface area contributed by atoms with Gasteiger partial charge in [0.2, 0.25) is 0 Å². The first-order chi connectivity index (χ1) is 8.43. The molecule has 0 fully saturated rings. The molecule has 0 aromatic carbocycles. The van der Waals surface area contributed by atoms with Gasteiger partial charge in [-0.25, -0.2) is 4.79 Å². The Morgan fingerprint density at radius 3 is 2.26 bits per heavy atom. The number of hydrogen-bond acceptors (Lipinski definition) is 4. The van der Waals surface area contributed by atoms with Crippen molar-refractivity contribution in [1.82, 2.24) is 5.32 Å². The number of rotatable bonds is 6. The van der Waals surface area contributed by atoms with Crippen LogP contribution in [0, 0.1) is 5.92 Å². The van der Waals surface area contributed by atoms with Gasteiger partial charge in [0.25, 0.3) is 0 Å². The molecule has 19 heavy (non-hydrogen) atoms. The minimum atomic E-state index is -4.64. The van der Waals surface area contributed by atoms with Gasteiger partial charge in [-0.15, -0.1) is 3.89 Å². The van der Waals surface area contributed by atoms with Gasteiger partial charge in [0, 0.05) is 6.04 Å². The lowest BCUT2D eigenvalue weighted by molar-refractivity contribution is 0.0503. The topological polar surface area (TPSA) is 72.5 Å². The van der Waals surface area contributed by atoms with Crippen LogP contribution in [-0.4, -0.2) is 31.9 Å². The molecule has 7 heteroatoms. The lowest BCUT2D eigenvalue weighted by Gasteiger charge is -2.24. The van der Waals surface area contributed by atoms with Gasteiger partial charge in [0.15, 0.2) is 0 Å². The Kier molecular flexibility index (Phi) is 6.76. The molecule has 0 saturated heterocycles. The second-order valence-corrected chi connectivity index (χ2v) is 7.21. The van der Waals surface area contributed by atoms with Crippen molar-refractivity contribution >= 4 is 16.3 Å². The number of carbonyl (C=O) groups is 1. The van der Waals surface area contributed by atoms with Crippen LogP contribution < -0.4 is 5.32 Å². The van der Waals surface area contributed by atoms with Crippen molar-refractivity contribution in [1.29, 1.82) is 0 Å². The summed E-state index contributed by atoms with van der Waals surface area (Å²) in [5, 5.41) is 2.42. The highest BCUT2D eigenvalue weighted by molar-refractivity contribution is 7.86. The average Bonchev–Trinajstić information content (AvgIpc) is 2.10. The summed E-state index contributed by atoms with van der Waals surface area (Å²) in [6.07, 6.45) is 0.474.